The van der Waals surface area contributed by atoms with E-state index in [1.54, 1.807) is 24.3 Å². The number of anilines is 1. The largest absolute Gasteiger partial charge is 0.352 e. The van der Waals surface area contributed by atoms with Crippen LogP contribution in [-0.4, -0.2) is 27.1 Å². The summed E-state index contributed by atoms with van der Waals surface area (Å²) in [6, 6.07) is 6.53. The third-order valence-corrected chi connectivity index (χ3v) is 4.31. The van der Waals surface area contributed by atoms with E-state index < -0.39 is 10.0 Å². The van der Waals surface area contributed by atoms with E-state index in [0.29, 0.717) is 23.7 Å². The Balaban J connectivity index is 1.94. The Labute approximate surface area is 126 Å². The van der Waals surface area contributed by atoms with Gasteiger partial charge in [0.25, 0.3) is 5.91 Å². The molecule has 0 atom stereocenters. The molecule has 0 unspecified atom stereocenters. The fourth-order valence-corrected chi connectivity index (χ4v) is 3.22. The molecule has 1 aromatic carbocycles. The Morgan fingerprint density at radius 3 is 2.62 bits per heavy atom. The molecule has 1 fully saturated rings. The summed E-state index contributed by atoms with van der Waals surface area (Å²) in [5, 5.41) is 2.94. The maximum Gasteiger partial charge on any atom is 0.251 e. The number of nitrogens with one attached hydrogen (secondary N) is 2. The number of rotatable bonds is 5. The fourth-order valence-electron chi connectivity index (χ4n) is 2.67. The second-order valence-electron chi connectivity index (χ2n) is 5.67. The molecule has 0 aromatic heterocycles. The van der Waals surface area contributed by atoms with Gasteiger partial charge in [0.2, 0.25) is 10.0 Å². The molecule has 0 bridgehead atoms. The van der Waals surface area contributed by atoms with Crippen molar-refractivity contribution in [3.8, 4) is 0 Å². The highest BCUT2D eigenvalue weighted by Crippen LogP contribution is 2.22. The van der Waals surface area contributed by atoms with E-state index in [-0.39, 0.29) is 5.91 Å². The minimum atomic E-state index is -3.33. The zero-order chi connectivity index (χ0) is 15.3. The minimum absolute atomic E-state index is 0.155. The number of carbonyl (C=O) groups excluding carboxylic acids is 1. The number of hydrogen-bond acceptors (Lipinski definition) is 3. The van der Waals surface area contributed by atoms with Crippen LogP contribution in [0.15, 0.2) is 24.3 Å². The Morgan fingerprint density at radius 1 is 1.24 bits per heavy atom. The lowest BCUT2D eigenvalue weighted by molar-refractivity contribution is 0.0943. The van der Waals surface area contributed by atoms with Crippen LogP contribution in [0.1, 0.15) is 42.5 Å². The van der Waals surface area contributed by atoms with Crippen molar-refractivity contribution in [2.75, 3.05) is 17.5 Å². The van der Waals surface area contributed by atoms with Crippen molar-refractivity contribution < 1.29 is 13.2 Å². The molecule has 0 aliphatic heterocycles. The van der Waals surface area contributed by atoms with Gasteiger partial charge in [-0.25, -0.2) is 8.42 Å². The first-order chi connectivity index (χ1) is 9.94. The number of amides is 1. The average Bonchev–Trinajstić information content (AvgIpc) is 2.44. The summed E-state index contributed by atoms with van der Waals surface area (Å²) >= 11 is 0. The van der Waals surface area contributed by atoms with Crippen LogP contribution in [0.3, 0.4) is 0 Å². The molecule has 21 heavy (non-hydrogen) atoms. The van der Waals surface area contributed by atoms with E-state index in [1.165, 1.54) is 32.1 Å². The fraction of sp³-hybridized carbons (Fsp3) is 0.533. The minimum Gasteiger partial charge on any atom is -0.352 e. The summed E-state index contributed by atoms with van der Waals surface area (Å²) in [6.07, 6.45) is 7.22. The normalized spacial score (nSPS) is 16.4. The van der Waals surface area contributed by atoms with Gasteiger partial charge in [-0.2, -0.15) is 0 Å². The first-order valence-corrected chi connectivity index (χ1v) is 9.19. The van der Waals surface area contributed by atoms with Crippen LogP contribution in [0.2, 0.25) is 0 Å². The summed E-state index contributed by atoms with van der Waals surface area (Å²) in [6.45, 7) is 0.697. The van der Waals surface area contributed by atoms with E-state index in [4.69, 9.17) is 0 Å². The van der Waals surface area contributed by atoms with Gasteiger partial charge in [0.05, 0.1) is 6.26 Å². The van der Waals surface area contributed by atoms with E-state index in [2.05, 4.69) is 10.0 Å². The molecule has 1 amide bonds. The molecule has 0 spiro atoms. The van der Waals surface area contributed by atoms with Crippen LogP contribution in [0, 0.1) is 5.92 Å². The zero-order valence-electron chi connectivity index (χ0n) is 12.3. The Morgan fingerprint density at radius 2 is 1.95 bits per heavy atom. The first-order valence-electron chi connectivity index (χ1n) is 7.30. The van der Waals surface area contributed by atoms with Crippen LogP contribution in [0.4, 0.5) is 5.69 Å². The zero-order valence-corrected chi connectivity index (χ0v) is 13.1. The quantitative estimate of drug-likeness (QED) is 0.876. The predicted octanol–water partition coefficient (Wildman–Crippen LogP) is 2.37. The van der Waals surface area contributed by atoms with Gasteiger partial charge in [-0.15, -0.1) is 0 Å². The summed E-state index contributed by atoms with van der Waals surface area (Å²) in [4.78, 5) is 12.1. The monoisotopic (exact) mass is 310 g/mol. The maximum atomic E-state index is 12.1. The number of benzene rings is 1. The molecule has 0 heterocycles. The summed E-state index contributed by atoms with van der Waals surface area (Å²) in [5.74, 6) is 0.415. The summed E-state index contributed by atoms with van der Waals surface area (Å²) in [7, 11) is -3.33. The Hall–Kier alpha value is -1.56. The highest BCUT2D eigenvalue weighted by Gasteiger charge is 2.15. The van der Waals surface area contributed by atoms with Crippen molar-refractivity contribution in [3.63, 3.8) is 0 Å². The highest BCUT2D eigenvalue weighted by molar-refractivity contribution is 7.92. The van der Waals surface area contributed by atoms with Crippen LogP contribution in [-0.2, 0) is 10.0 Å². The van der Waals surface area contributed by atoms with Crippen LogP contribution in [0.25, 0.3) is 0 Å². The second-order valence-corrected chi connectivity index (χ2v) is 7.42. The molecule has 1 aromatic rings. The number of hydrogen-bond donors (Lipinski definition) is 2. The van der Waals surface area contributed by atoms with Crippen molar-refractivity contribution >= 4 is 21.6 Å². The maximum absolute atomic E-state index is 12.1. The molecular formula is C15H22N2O3S. The molecule has 2 N–H and O–H groups in total. The van der Waals surface area contributed by atoms with Gasteiger partial charge < -0.3 is 5.32 Å². The standard InChI is InChI=1S/C15H22N2O3S/c1-21(19,20)17-14-9-5-8-13(10-14)15(18)16-11-12-6-3-2-4-7-12/h5,8-10,12,17H,2-4,6-7,11H2,1H3,(H,16,18). The Kier molecular flexibility index (Phi) is 5.22. The lowest BCUT2D eigenvalue weighted by Gasteiger charge is -2.21. The smallest absolute Gasteiger partial charge is 0.251 e. The lowest BCUT2D eigenvalue weighted by atomic mass is 9.89. The molecular weight excluding hydrogens is 288 g/mol. The molecule has 1 aliphatic carbocycles. The van der Waals surface area contributed by atoms with Crippen molar-refractivity contribution in [3.05, 3.63) is 29.8 Å². The van der Waals surface area contributed by atoms with Gasteiger partial charge in [-0.1, -0.05) is 25.3 Å². The molecule has 2 rings (SSSR count). The van der Waals surface area contributed by atoms with Crippen LogP contribution in [0.5, 0.6) is 0 Å². The van der Waals surface area contributed by atoms with E-state index in [1.807, 2.05) is 0 Å². The van der Waals surface area contributed by atoms with Gasteiger partial charge in [-0.05, 0) is 37.0 Å². The third kappa shape index (κ3) is 5.38. The van der Waals surface area contributed by atoms with E-state index >= 15 is 0 Å². The first kappa shape index (κ1) is 15.8. The molecule has 1 aliphatic rings. The van der Waals surface area contributed by atoms with Crippen molar-refractivity contribution in [1.82, 2.24) is 5.32 Å². The van der Waals surface area contributed by atoms with Crippen LogP contribution < -0.4 is 10.0 Å². The summed E-state index contributed by atoms with van der Waals surface area (Å²) in [5.41, 5.74) is 0.877. The van der Waals surface area contributed by atoms with E-state index in [0.717, 1.165) is 6.26 Å². The highest BCUT2D eigenvalue weighted by atomic mass is 32.2. The number of carbonyl (C=O) groups is 1. The lowest BCUT2D eigenvalue weighted by Crippen LogP contribution is -2.30. The molecule has 0 radical (unpaired) electrons. The molecule has 5 nitrogen and oxygen atoms in total. The van der Waals surface area contributed by atoms with Crippen molar-refractivity contribution in [1.29, 1.82) is 0 Å². The Bertz CT molecular complexity index is 593. The summed E-state index contributed by atoms with van der Waals surface area (Å²) < 4.78 is 24.8. The van der Waals surface area contributed by atoms with Gasteiger partial charge in [0.1, 0.15) is 0 Å². The van der Waals surface area contributed by atoms with Crippen LogP contribution >= 0.6 is 0 Å². The average molecular weight is 310 g/mol. The molecule has 6 heteroatoms. The van der Waals surface area contributed by atoms with Crippen molar-refractivity contribution in [2.45, 2.75) is 32.1 Å². The van der Waals surface area contributed by atoms with Gasteiger partial charge in [0, 0.05) is 17.8 Å². The van der Waals surface area contributed by atoms with Gasteiger partial charge in [-0.3, -0.25) is 9.52 Å². The molecule has 0 saturated heterocycles. The molecule has 116 valence electrons. The number of sulfonamides is 1. The SMILES string of the molecule is CS(=O)(=O)Nc1cccc(C(=O)NCC2CCCCC2)c1. The predicted molar refractivity (Wildman–Crippen MR) is 83.8 cm³/mol. The topological polar surface area (TPSA) is 75.3 Å². The third-order valence-electron chi connectivity index (χ3n) is 3.70. The van der Waals surface area contributed by atoms with Gasteiger partial charge >= 0.3 is 0 Å². The second kappa shape index (κ2) is 6.93. The van der Waals surface area contributed by atoms with Crippen molar-refractivity contribution in [2.24, 2.45) is 5.92 Å². The van der Waals surface area contributed by atoms with E-state index in [9.17, 15) is 13.2 Å². The molecule has 1 saturated carbocycles. The van der Waals surface area contributed by atoms with Gasteiger partial charge in [0.15, 0.2) is 0 Å².